The van der Waals surface area contributed by atoms with Gasteiger partial charge in [-0.2, -0.15) is 0 Å². The first-order valence-corrected chi connectivity index (χ1v) is 26.7. The van der Waals surface area contributed by atoms with Crippen LogP contribution in [0.3, 0.4) is 0 Å². The number of hydrogen-bond donors (Lipinski definition) is 0. The van der Waals surface area contributed by atoms with E-state index < -0.39 is 6.10 Å². The molecule has 0 rings (SSSR count). The number of carbonyl (C=O) groups is 3. The Morgan fingerprint density at radius 1 is 0.323 bits per heavy atom. The zero-order chi connectivity index (χ0) is 47.2. The Balaban J connectivity index is 4.47. The summed E-state index contributed by atoms with van der Waals surface area (Å²) in [7, 11) is 0. The molecule has 0 fully saturated rings. The molecule has 65 heavy (non-hydrogen) atoms. The van der Waals surface area contributed by atoms with E-state index in [2.05, 4.69) is 118 Å². The minimum Gasteiger partial charge on any atom is -0.462 e. The molecule has 0 aromatic carbocycles. The van der Waals surface area contributed by atoms with Crippen molar-refractivity contribution in [3.05, 3.63) is 97.2 Å². The summed E-state index contributed by atoms with van der Waals surface area (Å²) in [5, 5.41) is 0. The lowest BCUT2D eigenvalue weighted by Crippen LogP contribution is -2.30. The Bertz CT molecular complexity index is 1310. The zero-order valence-corrected chi connectivity index (χ0v) is 42.2. The molecule has 370 valence electrons. The van der Waals surface area contributed by atoms with E-state index in [1.54, 1.807) is 0 Å². The van der Waals surface area contributed by atoms with Crippen LogP contribution in [-0.4, -0.2) is 37.2 Å². The highest BCUT2D eigenvalue weighted by Crippen LogP contribution is 2.14. The van der Waals surface area contributed by atoms with E-state index in [9.17, 15) is 14.4 Å². The number of carbonyl (C=O) groups excluding carboxylic acids is 3. The quantitative estimate of drug-likeness (QED) is 0.0262. The maximum absolute atomic E-state index is 12.8. The van der Waals surface area contributed by atoms with Gasteiger partial charge < -0.3 is 14.2 Å². The Kier molecular flexibility index (Phi) is 50.0. The minimum absolute atomic E-state index is 0.102. The summed E-state index contributed by atoms with van der Waals surface area (Å²) >= 11 is 0. The topological polar surface area (TPSA) is 78.9 Å². The van der Waals surface area contributed by atoms with E-state index in [0.29, 0.717) is 19.3 Å². The number of ether oxygens (including phenoxy) is 3. The van der Waals surface area contributed by atoms with Crippen LogP contribution < -0.4 is 0 Å². The molecule has 0 N–H and O–H groups in total. The van der Waals surface area contributed by atoms with Crippen molar-refractivity contribution in [2.75, 3.05) is 13.2 Å². The van der Waals surface area contributed by atoms with E-state index in [1.807, 2.05) is 0 Å². The first-order chi connectivity index (χ1) is 32.0. The van der Waals surface area contributed by atoms with Crippen LogP contribution in [0.15, 0.2) is 97.2 Å². The van der Waals surface area contributed by atoms with Crippen LogP contribution in [0.4, 0.5) is 0 Å². The monoisotopic (exact) mass is 903 g/mol. The molecular formula is C59H98O6. The first kappa shape index (κ1) is 61.3. The van der Waals surface area contributed by atoms with Crippen molar-refractivity contribution < 1.29 is 28.6 Å². The molecule has 6 heteroatoms. The van der Waals surface area contributed by atoms with E-state index in [1.165, 1.54) is 77.0 Å². The van der Waals surface area contributed by atoms with Gasteiger partial charge in [0.1, 0.15) is 13.2 Å². The van der Waals surface area contributed by atoms with E-state index in [4.69, 9.17) is 14.2 Å². The van der Waals surface area contributed by atoms with Crippen molar-refractivity contribution >= 4 is 17.9 Å². The molecule has 0 aliphatic carbocycles. The van der Waals surface area contributed by atoms with Crippen molar-refractivity contribution in [3.8, 4) is 0 Å². The van der Waals surface area contributed by atoms with E-state index >= 15 is 0 Å². The Hall–Kier alpha value is -3.67. The van der Waals surface area contributed by atoms with Crippen molar-refractivity contribution in [2.45, 2.75) is 245 Å². The smallest absolute Gasteiger partial charge is 0.306 e. The fourth-order valence-corrected chi connectivity index (χ4v) is 7.09. The van der Waals surface area contributed by atoms with Gasteiger partial charge in [-0.15, -0.1) is 0 Å². The molecule has 0 aromatic rings. The van der Waals surface area contributed by atoms with Gasteiger partial charge in [-0.25, -0.2) is 0 Å². The van der Waals surface area contributed by atoms with Crippen molar-refractivity contribution in [1.29, 1.82) is 0 Å². The van der Waals surface area contributed by atoms with Crippen LogP contribution in [-0.2, 0) is 28.6 Å². The van der Waals surface area contributed by atoms with Gasteiger partial charge in [0.05, 0.1) is 0 Å². The molecule has 0 aliphatic rings. The molecule has 0 amide bonds. The van der Waals surface area contributed by atoms with Crippen LogP contribution >= 0.6 is 0 Å². The van der Waals surface area contributed by atoms with Crippen LogP contribution in [0.25, 0.3) is 0 Å². The van der Waals surface area contributed by atoms with Crippen LogP contribution in [0.5, 0.6) is 0 Å². The van der Waals surface area contributed by atoms with Crippen LogP contribution in [0.2, 0.25) is 0 Å². The summed E-state index contributed by atoms with van der Waals surface area (Å²) in [6, 6.07) is 0. The molecule has 0 aliphatic heterocycles. The van der Waals surface area contributed by atoms with Crippen molar-refractivity contribution in [1.82, 2.24) is 0 Å². The highest BCUT2D eigenvalue weighted by atomic mass is 16.6. The van der Waals surface area contributed by atoms with E-state index in [-0.39, 0.29) is 31.1 Å². The molecule has 0 saturated carbocycles. The predicted molar refractivity (Wildman–Crippen MR) is 279 cm³/mol. The van der Waals surface area contributed by atoms with Gasteiger partial charge in [-0.3, -0.25) is 14.4 Å². The van der Waals surface area contributed by atoms with Gasteiger partial charge in [0.25, 0.3) is 0 Å². The van der Waals surface area contributed by atoms with Crippen LogP contribution in [0.1, 0.15) is 239 Å². The van der Waals surface area contributed by atoms with E-state index in [0.717, 1.165) is 122 Å². The maximum atomic E-state index is 12.8. The standard InChI is InChI=1S/C59H98O6/c1-4-7-10-13-16-19-22-25-27-29-31-34-37-40-43-46-49-52-58(61)64-55-56(54-63-57(60)51-48-45-42-39-36-33-24-21-18-15-12-9-6-3)65-59(62)53-50-47-44-41-38-35-32-30-28-26-23-20-17-14-11-8-5-2/h7,9-10,12,16,18-19,21,25-28,31,33-34,36,56H,4-6,8,11,13-15,17,20,22-24,29-30,32,35,37-55H2,1-3H3/b10-7-,12-9-,19-16-,21-18-,27-25-,28-26-,34-31-,36-33-. The van der Waals surface area contributed by atoms with Gasteiger partial charge in [0.2, 0.25) is 0 Å². The molecule has 0 bridgehead atoms. The molecule has 0 aromatic heterocycles. The second-order valence-corrected chi connectivity index (χ2v) is 17.4. The maximum Gasteiger partial charge on any atom is 0.306 e. The number of esters is 3. The lowest BCUT2D eigenvalue weighted by Gasteiger charge is -2.18. The minimum atomic E-state index is -0.803. The van der Waals surface area contributed by atoms with Gasteiger partial charge in [0, 0.05) is 19.3 Å². The summed E-state index contributed by atoms with van der Waals surface area (Å²) < 4.78 is 16.8. The lowest BCUT2D eigenvalue weighted by atomic mass is 10.1. The normalized spacial score (nSPS) is 12.8. The summed E-state index contributed by atoms with van der Waals surface area (Å²) in [4.78, 5) is 38.0. The highest BCUT2D eigenvalue weighted by Gasteiger charge is 2.19. The van der Waals surface area contributed by atoms with Gasteiger partial charge >= 0.3 is 17.9 Å². The van der Waals surface area contributed by atoms with Crippen LogP contribution in [0, 0.1) is 0 Å². The third-order valence-corrected chi connectivity index (χ3v) is 11.1. The molecule has 1 atom stereocenters. The first-order valence-electron chi connectivity index (χ1n) is 26.7. The second kappa shape index (κ2) is 52.9. The average molecular weight is 903 g/mol. The predicted octanol–water partition coefficient (Wildman–Crippen LogP) is 17.8. The third kappa shape index (κ3) is 51.2. The fourth-order valence-electron chi connectivity index (χ4n) is 7.09. The summed E-state index contributed by atoms with van der Waals surface area (Å²) in [6.07, 6.45) is 69.6. The van der Waals surface area contributed by atoms with Crippen molar-refractivity contribution in [2.24, 2.45) is 0 Å². The summed E-state index contributed by atoms with van der Waals surface area (Å²) in [6.45, 7) is 6.35. The molecule has 0 spiro atoms. The summed E-state index contributed by atoms with van der Waals surface area (Å²) in [5.41, 5.74) is 0. The molecule has 6 nitrogen and oxygen atoms in total. The molecule has 0 heterocycles. The Labute approximate surface area is 400 Å². The largest absolute Gasteiger partial charge is 0.462 e. The number of unbranched alkanes of at least 4 members (excludes halogenated alkanes) is 20. The fraction of sp³-hybridized carbons (Fsp3) is 0.678. The van der Waals surface area contributed by atoms with Gasteiger partial charge in [0.15, 0.2) is 6.10 Å². The average Bonchev–Trinajstić information content (AvgIpc) is 3.30. The lowest BCUT2D eigenvalue weighted by molar-refractivity contribution is -0.167. The third-order valence-electron chi connectivity index (χ3n) is 11.1. The van der Waals surface area contributed by atoms with Gasteiger partial charge in [-0.1, -0.05) is 201 Å². The Morgan fingerprint density at radius 2 is 0.600 bits per heavy atom. The highest BCUT2D eigenvalue weighted by molar-refractivity contribution is 5.71. The number of rotatable bonds is 47. The van der Waals surface area contributed by atoms with Crippen molar-refractivity contribution in [3.63, 3.8) is 0 Å². The number of hydrogen-bond acceptors (Lipinski definition) is 6. The molecular weight excluding hydrogens is 805 g/mol. The SMILES string of the molecule is CC/C=C\C/C=C\C/C=C\C/C=C\CCCCCCC(=O)OCC(COC(=O)CCCCC/C=C\C/C=C\C/C=C\CC)OC(=O)CCCCCCCCC/C=C\CCCCCCCC. The number of allylic oxidation sites excluding steroid dienone is 16. The summed E-state index contributed by atoms with van der Waals surface area (Å²) in [5.74, 6) is -0.959. The van der Waals surface area contributed by atoms with Gasteiger partial charge in [-0.05, 0) is 116 Å². The Morgan fingerprint density at radius 3 is 0.969 bits per heavy atom. The zero-order valence-electron chi connectivity index (χ0n) is 42.2. The molecule has 0 radical (unpaired) electrons. The second-order valence-electron chi connectivity index (χ2n) is 17.4. The molecule has 1 unspecified atom stereocenters. The molecule has 0 saturated heterocycles.